The van der Waals surface area contributed by atoms with Gasteiger partial charge in [-0.1, -0.05) is 0 Å². The maximum atomic E-state index is 8.88. The average Bonchev–Trinajstić information content (AvgIpc) is 1.98. The number of aliphatic hydroxyl groups is 1. The Kier molecular flexibility index (Phi) is 5.56. The Morgan fingerprint density at radius 2 is 1.50 bits per heavy atom. The van der Waals surface area contributed by atoms with Gasteiger partial charge in [0, 0.05) is 0 Å². The van der Waals surface area contributed by atoms with Gasteiger partial charge in [-0.2, -0.15) is 15.0 Å². The lowest BCUT2D eigenvalue weighted by Gasteiger charge is -2.00. The van der Waals surface area contributed by atoms with E-state index in [1.54, 1.807) is 0 Å². The highest BCUT2D eigenvalue weighted by atomic mass is 31.2. The van der Waals surface area contributed by atoms with Crippen molar-refractivity contribution in [2.45, 2.75) is 0 Å². The highest BCUT2D eigenvalue weighted by Crippen LogP contribution is 2.25. The predicted molar refractivity (Wildman–Crippen MR) is 53.6 cm³/mol. The molecule has 12 heteroatoms. The molecule has 0 spiro atoms. The SMILES string of the molecule is Nc1nc(N)nc(NCO)n1.O=P(O)(O)O. The molecule has 0 atom stereocenters. The summed E-state index contributed by atoms with van der Waals surface area (Å²) in [5.41, 5.74) is 10.5. The van der Waals surface area contributed by atoms with Crippen molar-refractivity contribution < 1.29 is 24.4 Å². The third-order valence-corrected chi connectivity index (χ3v) is 0.907. The zero-order valence-electron chi connectivity index (χ0n) is 7.85. The third-order valence-electron chi connectivity index (χ3n) is 0.907. The number of nitrogen functional groups attached to an aromatic ring is 2. The second-order valence-electron chi connectivity index (χ2n) is 2.22. The van der Waals surface area contributed by atoms with Crippen LogP contribution in [0.1, 0.15) is 0 Å². The lowest BCUT2D eigenvalue weighted by atomic mass is 10.8. The summed E-state index contributed by atoms with van der Waals surface area (Å²) in [5, 5.41) is 10.8. The number of aliphatic hydroxyl groups excluding tert-OH is 1. The highest BCUT2D eigenvalue weighted by Gasteiger charge is 2.00. The zero-order valence-corrected chi connectivity index (χ0v) is 8.74. The molecule has 92 valence electrons. The first-order valence-corrected chi connectivity index (χ1v) is 5.19. The quantitative estimate of drug-likeness (QED) is 0.216. The van der Waals surface area contributed by atoms with E-state index in [4.69, 9.17) is 35.8 Å². The molecule has 0 aliphatic rings. The summed E-state index contributed by atoms with van der Waals surface area (Å²) in [6, 6.07) is 0. The van der Waals surface area contributed by atoms with Crippen LogP contribution in [-0.2, 0) is 4.57 Å². The van der Waals surface area contributed by atoms with Crippen LogP contribution < -0.4 is 16.8 Å². The number of aromatic nitrogens is 3. The highest BCUT2D eigenvalue weighted by molar-refractivity contribution is 7.45. The molecule has 0 radical (unpaired) electrons. The molecule has 0 aromatic carbocycles. The number of anilines is 3. The first-order chi connectivity index (χ1) is 7.22. The van der Waals surface area contributed by atoms with Gasteiger partial charge in [0.15, 0.2) is 0 Å². The third kappa shape index (κ3) is 9.05. The molecule has 0 fully saturated rings. The van der Waals surface area contributed by atoms with Gasteiger partial charge in [0.05, 0.1) is 0 Å². The first kappa shape index (κ1) is 14.5. The van der Waals surface area contributed by atoms with E-state index in [0.717, 1.165) is 0 Å². The number of hydrogen-bond acceptors (Lipinski definition) is 8. The fourth-order valence-electron chi connectivity index (χ4n) is 0.559. The minimum Gasteiger partial charge on any atom is -0.376 e. The maximum Gasteiger partial charge on any atom is 0.466 e. The van der Waals surface area contributed by atoms with Crippen molar-refractivity contribution in [3.63, 3.8) is 0 Å². The van der Waals surface area contributed by atoms with Crippen molar-refractivity contribution >= 4 is 25.7 Å². The molecular formula is C4H11N6O5P. The van der Waals surface area contributed by atoms with Gasteiger partial charge in [0.1, 0.15) is 6.73 Å². The Morgan fingerprint density at radius 1 is 1.12 bits per heavy atom. The van der Waals surface area contributed by atoms with Gasteiger partial charge in [-0.3, -0.25) is 0 Å². The van der Waals surface area contributed by atoms with Crippen molar-refractivity contribution in [1.29, 1.82) is 0 Å². The molecule has 0 aliphatic carbocycles. The van der Waals surface area contributed by atoms with Crippen molar-refractivity contribution in [2.24, 2.45) is 0 Å². The standard InChI is InChI=1S/C4H8N6O.H3O4P/c5-2-8-3(6)10-4(9-2)7-1-11;1-5(2,3)4/h11H,1H2,(H5,5,6,7,8,9,10);(H3,1,2,3,4). The first-order valence-electron chi connectivity index (χ1n) is 3.62. The van der Waals surface area contributed by atoms with Crippen molar-refractivity contribution in [1.82, 2.24) is 15.0 Å². The Labute approximate surface area is 89.4 Å². The normalized spacial score (nSPS) is 10.2. The van der Waals surface area contributed by atoms with E-state index < -0.39 is 7.82 Å². The molecule has 0 amide bonds. The van der Waals surface area contributed by atoms with Crippen LogP contribution in [-0.4, -0.2) is 41.5 Å². The Bertz CT molecular complexity index is 353. The van der Waals surface area contributed by atoms with Gasteiger partial charge in [-0.15, -0.1) is 0 Å². The summed E-state index contributed by atoms with van der Waals surface area (Å²) in [7, 11) is -4.64. The molecule has 0 bridgehead atoms. The number of phosphoric acid groups is 1. The van der Waals surface area contributed by atoms with Crippen LogP contribution in [0.15, 0.2) is 0 Å². The van der Waals surface area contributed by atoms with Crippen molar-refractivity contribution in [3.05, 3.63) is 0 Å². The molecule has 1 rings (SSSR count). The number of nitrogens with zero attached hydrogens (tertiary/aromatic N) is 3. The van der Waals surface area contributed by atoms with E-state index in [1.807, 2.05) is 0 Å². The Balaban J connectivity index is 0.000000385. The second-order valence-corrected chi connectivity index (χ2v) is 3.25. The molecule has 0 saturated carbocycles. The topological polar surface area (TPSA) is 201 Å². The molecule has 0 saturated heterocycles. The lowest BCUT2D eigenvalue weighted by molar-refractivity contribution is 0.275. The molecule has 1 aromatic rings. The van der Waals surface area contributed by atoms with Gasteiger partial charge in [-0.05, 0) is 0 Å². The fourth-order valence-corrected chi connectivity index (χ4v) is 0.559. The summed E-state index contributed by atoms with van der Waals surface area (Å²) < 4.78 is 8.88. The van der Waals surface area contributed by atoms with Gasteiger partial charge >= 0.3 is 7.82 Å². The largest absolute Gasteiger partial charge is 0.466 e. The number of hydrogen-bond donors (Lipinski definition) is 7. The monoisotopic (exact) mass is 254 g/mol. The van der Waals surface area contributed by atoms with Gasteiger partial charge in [-0.25, -0.2) is 4.57 Å². The average molecular weight is 254 g/mol. The van der Waals surface area contributed by atoms with Gasteiger partial charge in [0.25, 0.3) is 0 Å². The summed E-state index contributed by atoms with van der Waals surface area (Å²) in [6.07, 6.45) is 0. The minimum atomic E-state index is -4.64. The van der Waals surface area contributed by atoms with Crippen molar-refractivity contribution in [2.75, 3.05) is 23.5 Å². The van der Waals surface area contributed by atoms with E-state index in [9.17, 15) is 0 Å². The molecule has 0 aliphatic heterocycles. The molecule has 1 heterocycles. The summed E-state index contributed by atoms with van der Waals surface area (Å²) in [5.74, 6) is 0.208. The fraction of sp³-hybridized carbons (Fsp3) is 0.250. The maximum absolute atomic E-state index is 8.88. The molecule has 11 nitrogen and oxygen atoms in total. The van der Waals surface area contributed by atoms with Crippen LogP contribution in [0.4, 0.5) is 17.8 Å². The molecule has 1 aromatic heterocycles. The molecular weight excluding hydrogens is 243 g/mol. The second kappa shape index (κ2) is 6.15. The van der Waals surface area contributed by atoms with Crippen LogP contribution in [0.3, 0.4) is 0 Å². The van der Waals surface area contributed by atoms with E-state index in [1.165, 1.54) is 0 Å². The van der Waals surface area contributed by atoms with E-state index in [-0.39, 0.29) is 24.6 Å². The number of rotatable bonds is 2. The van der Waals surface area contributed by atoms with Crippen LogP contribution >= 0.6 is 7.82 Å². The zero-order chi connectivity index (χ0) is 12.8. The van der Waals surface area contributed by atoms with Gasteiger partial charge in [0.2, 0.25) is 17.8 Å². The van der Waals surface area contributed by atoms with Crippen LogP contribution in [0, 0.1) is 0 Å². The lowest BCUT2D eigenvalue weighted by Crippen LogP contribution is -2.09. The smallest absolute Gasteiger partial charge is 0.376 e. The minimum absolute atomic E-state index is 0.0217. The number of nitrogens with one attached hydrogen (secondary N) is 1. The van der Waals surface area contributed by atoms with Crippen LogP contribution in [0.25, 0.3) is 0 Å². The Morgan fingerprint density at radius 3 is 1.81 bits per heavy atom. The van der Waals surface area contributed by atoms with Crippen molar-refractivity contribution in [3.8, 4) is 0 Å². The summed E-state index contributed by atoms with van der Waals surface area (Å²) >= 11 is 0. The number of nitrogens with two attached hydrogens (primary N) is 2. The van der Waals surface area contributed by atoms with Crippen LogP contribution in [0.2, 0.25) is 0 Å². The molecule has 16 heavy (non-hydrogen) atoms. The summed E-state index contributed by atoms with van der Waals surface area (Å²) in [6.45, 7) is -0.275. The van der Waals surface area contributed by atoms with E-state index >= 15 is 0 Å². The Hall–Kier alpha value is -1.52. The molecule has 9 N–H and O–H groups in total. The summed E-state index contributed by atoms with van der Waals surface area (Å²) in [4.78, 5) is 32.3. The van der Waals surface area contributed by atoms with E-state index in [0.29, 0.717) is 0 Å². The van der Waals surface area contributed by atoms with Gasteiger partial charge < -0.3 is 36.6 Å². The molecule has 0 unspecified atom stereocenters. The predicted octanol–water partition coefficient (Wildman–Crippen LogP) is -2.53. The van der Waals surface area contributed by atoms with Crippen LogP contribution in [0.5, 0.6) is 0 Å². The van der Waals surface area contributed by atoms with E-state index in [2.05, 4.69) is 20.3 Å².